The molecule has 3 aromatic carbocycles. The van der Waals surface area contributed by atoms with Crippen LogP contribution in [0.25, 0.3) is 0 Å². The second kappa shape index (κ2) is 8.86. The van der Waals surface area contributed by atoms with E-state index in [0.29, 0.717) is 17.7 Å². The summed E-state index contributed by atoms with van der Waals surface area (Å²) in [4.78, 5) is 24.7. The Morgan fingerprint density at radius 2 is 1.43 bits per heavy atom. The van der Waals surface area contributed by atoms with E-state index in [0.717, 1.165) is 22.6 Å². The predicted molar refractivity (Wildman–Crippen MR) is 110 cm³/mol. The van der Waals surface area contributed by atoms with E-state index in [-0.39, 0.29) is 11.8 Å². The lowest BCUT2D eigenvalue weighted by atomic mass is 10.1. The van der Waals surface area contributed by atoms with Crippen LogP contribution in [0.15, 0.2) is 72.8 Å². The Kier molecular flexibility index (Phi) is 6.07. The van der Waals surface area contributed by atoms with E-state index >= 15 is 0 Å². The van der Waals surface area contributed by atoms with Gasteiger partial charge in [-0.25, -0.2) is 0 Å². The summed E-state index contributed by atoms with van der Waals surface area (Å²) in [5.41, 5.74) is 3.73. The summed E-state index contributed by atoms with van der Waals surface area (Å²) in [5.74, 6) is 0.298. The molecular weight excluding hydrogens is 352 g/mol. The van der Waals surface area contributed by atoms with E-state index < -0.39 is 0 Å². The molecule has 28 heavy (non-hydrogen) atoms. The van der Waals surface area contributed by atoms with Crippen molar-refractivity contribution >= 4 is 17.5 Å². The van der Waals surface area contributed by atoms with Crippen LogP contribution in [0.4, 0.5) is 5.69 Å². The van der Waals surface area contributed by atoms with Crippen LogP contribution in [0.2, 0.25) is 0 Å². The van der Waals surface area contributed by atoms with Crippen LogP contribution in [0, 0.1) is 6.92 Å². The standard InChI is InChI=1S/C23H22N2O3/c1-16-7-13-20(14-8-16)25-23(27)18-11-9-17(10-12-18)22(26)24-15-19-5-3-4-6-21(19)28-2/h3-14H,15H2,1-2H3,(H,24,26)(H,25,27). The molecule has 3 aromatic rings. The number of para-hydroxylation sites is 1. The molecule has 3 rings (SSSR count). The van der Waals surface area contributed by atoms with Crippen LogP contribution in [-0.2, 0) is 6.54 Å². The molecule has 0 aliphatic rings. The van der Waals surface area contributed by atoms with Crippen LogP contribution in [0.1, 0.15) is 31.8 Å². The fourth-order valence-corrected chi connectivity index (χ4v) is 2.74. The van der Waals surface area contributed by atoms with Crippen molar-refractivity contribution in [3.8, 4) is 5.75 Å². The molecular formula is C23H22N2O3. The number of aryl methyl sites for hydroxylation is 1. The first-order valence-electron chi connectivity index (χ1n) is 8.95. The van der Waals surface area contributed by atoms with Crippen molar-refractivity contribution in [2.45, 2.75) is 13.5 Å². The number of hydrogen-bond acceptors (Lipinski definition) is 3. The average molecular weight is 374 g/mol. The maximum absolute atomic E-state index is 12.4. The molecule has 0 aliphatic carbocycles. The van der Waals surface area contributed by atoms with E-state index in [1.165, 1.54) is 0 Å². The third-order valence-corrected chi connectivity index (χ3v) is 4.35. The van der Waals surface area contributed by atoms with Gasteiger partial charge in [0, 0.05) is 28.9 Å². The van der Waals surface area contributed by atoms with Gasteiger partial charge in [-0.2, -0.15) is 0 Å². The van der Waals surface area contributed by atoms with Crippen molar-refractivity contribution in [2.75, 3.05) is 12.4 Å². The van der Waals surface area contributed by atoms with E-state index in [1.54, 1.807) is 31.4 Å². The quantitative estimate of drug-likeness (QED) is 0.680. The van der Waals surface area contributed by atoms with Gasteiger partial charge in [-0.1, -0.05) is 35.9 Å². The molecule has 2 amide bonds. The average Bonchev–Trinajstić information content (AvgIpc) is 2.74. The van der Waals surface area contributed by atoms with Crippen molar-refractivity contribution in [1.82, 2.24) is 5.32 Å². The Hall–Kier alpha value is -3.60. The maximum Gasteiger partial charge on any atom is 0.255 e. The molecule has 0 saturated carbocycles. The lowest BCUT2D eigenvalue weighted by molar-refractivity contribution is 0.0949. The molecule has 0 spiro atoms. The lowest BCUT2D eigenvalue weighted by Gasteiger charge is -2.10. The minimum absolute atomic E-state index is 0.212. The largest absolute Gasteiger partial charge is 0.496 e. The first-order valence-corrected chi connectivity index (χ1v) is 8.95. The zero-order valence-corrected chi connectivity index (χ0v) is 15.9. The molecule has 5 heteroatoms. The number of anilines is 1. The molecule has 0 unspecified atom stereocenters. The predicted octanol–water partition coefficient (Wildman–Crippen LogP) is 4.19. The van der Waals surface area contributed by atoms with Crippen LogP contribution >= 0.6 is 0 Å². The molecule has 0 aliphatic heterocycles. The monoisotopic (exact) mass is 374 g/mol. The highest BCUT2D eigenvalue weighted by Gasteiger charge is 2.10. The van der Waals surface area contributed by atoms with E-state index in [2.05, 4.69) is 10.6 Å². The van der Waals surface area contributed by atoms with Gasteiger partial charge in [0.25, 0.3) is 11.8 Å². The SMILES string of the molecule is COc1ccccc1CNC(=O)c1ccc(C(=O)Nc2ccc(C)cc2)cc1. The van der Waals surface area contributed by atoms with Crippen molar-refractivity contribution in [3.05, 3.63) is 95.1 Å². The van der Waals surface area contributed by atoms with Crippen molar-refractivity contribution in [2.24, 2.45) is 0 Å². The number of carbonyl (C=O) groups excluding carboxylic acids is 2. The van der Waals surface area contributed by atoms with Crippen molar-refractivity contribution < 1.29 is 14.3 Å². The van der Waals surface area contributed by atoms with Crippen LogP contribution in [0.5, 0.6) is 5.75 Å². The summed E-state index contributed by atoms with van der Waals surface area (Å²) in [6.07, 6.45) is 0. The molecule has 0 atom stereocenters. The van der Waals surface area contributed by atoms with Crippen LogP contribution in [0.3, 0.4) is 0 Å². The number of benzene rings is 3. The van der Waals surface area contributed by atoms with Gasteiger partial charge in [-0.05, 0) is 49.4 Å². The summed E-state index contributed by atoms with van der Waals surface area (Å²) in [7, 11) is 1.60. The highest BCUT2D eigenvalue weighted by Crippen LogP contribution is 2.17. The summed E-state index contributed by atoms with van der Waals surface area (Å²) in [5, 5.41) is 5.70. The third kappa shape index (κ3) is 4.76. The topological polar surface area (TPSA) is 67.4 Å². The van der Waals surface area contributed by atoms with Crippen LogP contribution < -0.4 is 15.4 Å². The van der Waals surface area contributed by atoms with E-state index in [1.807, 2.05) is 55.5 Å². The lowest BCUT2D eigenvalue weighted by Crippen LogP contribution is -2.23. The number of hydrogen-bond donors (Lipinski definition) is 2. The van der Waals surface area contributed by atoms with Crippen LogP contribution in [-0.4, -0.2) is 18.9 Å². The maximum atomic E-state index is 12.4. The molecule has 0 radical (unpaired) electrons. The van der Waals surface area contributed by atoms with Gasteiger partial charge in [0.1, 0.15) is 5.75 Å². The summed E-state index contributed by atoms with van der Waals surface area (Å²) in [6, 6.07) is 21.7. The van der Waals surface area contributed by atoms with Gasteiger partial charge in [0.2, 0.25) is 0 Å². The van der Waals surface area contributed by atoms with E-state index in [9.17, 15) is 9.59 Å². The number of carbonyl (C=O) groups is 2. The molecule has 0 heterocycles. The van der Waals surface area contributed by atoms with Gasteiger partial charge in [-0.15, -0.1) is 0 Å². The highest BCUT2D eigenvalue weighted by atomic mass is 16.5. The fraction of sp³-hybridized carbons (Fsp3) is 0.130. The molecule has 5 nitrogen and oxygen atoms in total. The number of rotatable bonds is 6. The third-order valence-electron chi connectivity index (χ3n) is 4.35. The molecule has 0 fully saturated rings. The summed E-state index contributed by atoms with van der Waals surface area (Å²) in [6.45, 7) is 2.35. The zero-order valence-electron chi connectivity index (χ0n) is 15.9. The molecule has 2 N–H and O–H groups in total. The fourth-order valence-electron chi connectivity index (χ4n) is 2.74. The van der Waals surface area contributed by atoms with Gasteiger partial charge >= 0.3 is 0 Å². The normalized spacial score (nSPS) is 10.2. The molecule has 0 saturated heterocycles. The molecule has 0 aromatic heterocycles. The number of ether oxygens (including phenoxy) is 1. The highest BCUT2D eigenvalue weighted by molar-refractivity contribution is 6.05. The number of nitrogens with one attached hydrogen (secondary N) is 2. The van der Waals surface area contributed by atoms with Gasteiger partial charge in [0.05, 0.1) is 7.11 Å². The first kappa shape index (κ1) is 19.2. The summed E-state index contributed by atoms with van der Waals surface area (Å²) >= 11 is 0. The van der Waals surface area contributed by atoms with Gasteiger partial charge in [0.15, 0.2) is 0 Å². The molecule has 142 valence electrons. The Bertz CT molecular complexity index is 964. The van der Waals surface area contributed by atoms with Gasteiger partial charge in [-0.3, -0.25) is 9.59 Å². The number of amides is 2. The van der Waals surface area contributed by atoms with Crippen molar-refractivity contribution in [1.29, 1.82) is 0 Å². The second-order valence-electron chi connectivity index (χ2n) is 6.39. The summed E-state index contributed by atoms with van der Waals surface area (Å²) < 4.78 is 5.28. The minimum atomic E-state index is -0.218. The van der Waals surface area contributed by atoms with Gasteiger partial charge < -0.3 is 15.4 Å². The second-order valence-corrected chi connectivity index (χ2v) is 6.39. The van der Waals surface area contributed by atoms with E-state index in [4.69, 9.17) is 4.74 Å². The smallest absolute Gasteiger partial charge is 0.255 e. The molecule has 0 bridgehead atoms. The Labute approximate surface area is 164 Å². The number of methoxy groups -OCH3 is 1. The Balaban J connectivity index is 1.60. The Morgan fingerprint density at radius 3 is 2.07 bits per heavy atom. The minimum Gasteiger partial charge on any atom is -0.496 e. The Morgan fingerprint density at radius 1 is 0.821 bits per heavy atom. The first-order chi connectivity index (χ1) is 13.6. The van der Waals surface area contributed by atoms with Crippen molar-refractivity contribution in [3.63, 3.8) is 0 Å². The zero-order chi connectivity index (χ0) is 19.9.